The quantitative estimate of drug-likeness (QED) is 0.154. The zero-order chi connectivity index (χ0) is 26.9. The van der Waals surface area contributed by atoms with Gasteiger partial charge in [-0.25, -0.2) is 0 Å². The monoisotopic (exact) mass is 504 g/mol. The molecule has 7 nitrogen and oxygen atoms in total. The minimum atomic E-state index is -0.451. The zero-order valence-corrected chi connectivity index (χ0v) is 21.5. The summed E-state index contributed by atoms with van der Waals surface area (Å²) in [6.45, 7) is 4.20. The molecule has 0 amide bonds. The summed E-state index contributed by atoms with van der Waals surface area (Å²) in [5.74, 6) is -0.384. The van der Waals surface area contributed by atoms with E-state index in [0.717, 1.165) is 28.0 Å². The van der Waals surface area contributed by atoms with Crippen LogP contribution in [0.3, 0.4) is 0 Å². The van der Waals surface area contributed by atoms with Crippen LogP contribution < -0.4 is 0 Å². The van der Waals surface area contributed by atoms with E-state index in [4.69, 9.17) is 0 Å². The first-order valence-corrected chi connectivity index (χ1v) is 12.4. The van der Waals surface area contributed by atoms with Gasteiger partial charge < -0.3 is 9.67 Å². The molecule has 0 atom stereocenters. The molecule has 2 heterocycles. The van der Waals surface area contributed by atoms with Gasteiger partial charge in [-0.3, -0.25) is 14.9 Å². The van der Waals surface area contributed by atoms with Crippen molar-refractivity contribution in [2.45, 2.75) is 19.3 Å². The minimum absolute atomic E-state index is 0.0748. The number of fused-ring (bicyclic) bond motifs is 2. The maximum absolute atomic E-state index is 13.7. The molecule has 3 aromatic carbocycles. The Balaban J connectivity index is 1.58. The van der Waals surface area contributed by atoms with E-state index in [0.29, 0.717) is 16.6 Å². The maximum atomic E-state index is 13.7. The summed E-state index contributed by atoms with van der Waals surface area (Å²) in [6, 6.07) is 22.3. The van der Waals surface area contributed by atoms with Gasteiger partial charge in [0, 0.05) is 53.4 Å². The second-order valence-electron chi connectivity index (χ2n) is 10.3. The zero-order valence-electron chi connectivity index (χ0n) is 21.5. The van der Waals surface area contributed by atoms with Crippen molar-refractivity contribution in [2.75, 3.05) is 7.05 Å². The Bertz CT molecular complexity index is 1800. The predicted molar refractivity (Wildman–Crippen MR) is 148 cm³/mol. The van der Waals surface area contributed by atoms with E-state index in [1.165, 1.54) is 12.1 Å². The average Bonchev–Trinajstić information content (AvgIpc) is 3.30. The Morgan fingerprint density at radius 3 is 2.37 bits per heavy atom. The number of hydrogen-bond acceptors (Lipinski definition) is 4. The van der Waals surface area contributed by atoms with Crippen molar-refractivity contribution in [3.05, 3.63) is 111 Å². The van der Waals surface area contributed by atoms with Crippen LogP contribution in [0, 0.1) is 10.1 Å². The molecule has 0 fully saturated rings. The highest BCUT2D eigenvalue weighted by Gasteiger charge is 2.46. The molecule has 1 N–H and O–H groups in total. The number of rotatable bonds is 4. The number of aliphatic hydroxyl groups is 1. The van der Waals surface area contributed by atoms with Gasteiger partial charge in [-0.1, -0.05) is 48.5 Å². The van der Waals surface area contributed by atoms with E-state index in [2.05, 4.69) is 24.5 Å². The van der Waals surface area contributed by atoms with Crippen LogP contribution in [-0.2, 0) is 17.3 Å². The lowest BCUT2D eigenvalue weighted by molar-refractivity contribution is -0.401. The molecule has 0 radical (unpaired) electrons. The Hall–Kier alpha value is -4.78. The molecule has 0 saturated heterocycles. The number of nitro groups is 1. The first-order valence-electron chi connectivity index (χ1n) is 12.4. The normalized spacial score (nSPS) is 17.4. The summed E-state index contributed by atoms with van der Waals surface area (Å²) in [6.07, 6.45) is 1.77. The number of aliphatic hydroxyl groups excluding tert-OH is 1. The molecule has 188 valence electrons. The number of carbonyl (C=O) groups excluding carboxylic acids is 1. The molecule has 4 aromatic rings. The molecule has 1 aliphatic carbocycles. The van der Waals surface area contributed by atoms with Crippen molar-refractivity contribution in [3.8, 4) is 11.3 Å². The summed E-state index contributed by atoms with van der Waals surface area (Å²) in [5.41, 5.74) is 5.90. The van der Waals surface area contributed by atoms with E-state index >= 15 is 0 Å². The van der Waals surface area contributed by atoms with Gasteiger partial charge in [-0.15, -0.1) is 0 Å². The summed E-state index contributed by atoms with van der Waals surface area (Å²) in [5, 5.41) is 23.5. The number of benzene rings is 3. The number of aryl methyl sites for hydroxylation is 1. The van der Waals surface area contributed by atoms with E-state index in [-0.39, 0.29) is 33.8 Å². The molecule has 0 spiro atoms. The second kappa shape index (κ2) is 8.11. The molecule has 0 bridgehead atoms. The van der Waals surface area contributed by atoms with E-state index < -0.39 is 4.92 Å². The van der Waals surface area contributed by atoms with E-state index in [9.17, 15) is 20.0 Å². The number of ketones is 1. The van der Waals surface area contributed by atoms with Gasteiger partial charge in [-0.2, -0.15) is 4.58 Å². The maximum Gasteiger partial charge on any atom is 0.270 e. The molecule has 1 aromatic heterocycles. The summed E-state index contributed by atoms with van der Waals surface area (Å²) >= 11 is 0. The summed E-state index contributed by atoms with van der Waals surface area (Å²) in [4.78, 5) is 24.9. The third kappa shape index (κ3) is 3.14. The van der Waals surface area contributed by atoms with Gasteiger partial charge in [-0.05, 0) is 25.5 Å². The van der Waals surface area contributed by atoms with Crippen LogP contribution in [-0.4, -0.2) is 37.7 Å². The third-order valence-corrected chi connectivity index (χ3v) is 7.88. The number of carbonyl (C=O) groups is 1. The van der Waals surface area contributed by atoms with Crippen LogP contribution in [0.5, 0.6) is 0 Å². The molecule has 2 aliphatic rings. The summed E-state index contributed by atoms with van der Waals surface area (Å²) in [7, 11) is 3.82. The highest BCUT2D eigenvalue weighted by atomic mass is 16.6. The number of non-ortho nitro benzene ring substituents is 1. The number of nitrogens with zero attached hydrogens (tertiary/aromatic N) is 3. The molecule has 0 unspecified atom stereocenters. The van der Waals surface area contributed by atoms with Crippen molar-refractivity contribution >= 4 is 39.3 Å². The molecule has 6 rings (SSSR count). The lowest BCUT2D eigenvalue weighted by atomic mass is 9.77. The Morgan fingerprint density at radius 2 is 1.71 bits per heavy atom. The largest absolute Gasteiger partial charge is 0.506 e. The Morgan fingerprint density at radius 1 is 1.03 bits per heavy atom. The first kappa shape index (κ1) is 23.6. The van der Waals surface area contributed by atoms with Gasteiger partial charge in [0.1, 0.15) is 12.8 Å². The molecule has 7 heteroatoms. The molecular weight excluding hydrogens is 478 g/mol. The lowest BCUT2D eigenvalue weighted by Gasteiger charge is -2.23. The van der Waals surface area contributed by atoms with Gasteiger partial charge >= 0.3 is 0 Å². The van der Waals surface area contributed by atoms with Gasteiger partial charge in [0.25, 0.3) is 5.69 Å². The highest BCUT2D eigenvalue weighted by Crippen LogP contribution is 2.47. The fourth-order valence-corrected chi connectivity index (χ4v) is 5.92. The van der Waals surface area contributed by atoms with Crippen molar-refractivity contribution in [1.29, 1.82) is 0 Å². The molecule has 38 heavy (non-hydrogen) atoms. The van der Waals surface area contributed by atoms with Crippen molar-refractivity contribution in [2.24, 2.45) is 7.05 Å². The van der Waals surface area contributed by atoms with Crippen LogP contribution >= 0.6 is 0 Å². The van der Waals surface area contributed by atoms with Gasteiger partial charge in [0.2, 0.25) is 11.5 Å². The number of aromatic nitrogens is 1. The molecule has 0 saturated carbocycles. The first-order chi connectivity index (χ1) is 18.1. The smallest absolute Gasteiger partial charge is 0.270 e. The van der Waals surface area contributed by atoms with Crippen LogP contribution in [0.25, 0.3) is 27.7 Å². The number of allylic oxidation sites excluding steroid dienone is 3. The van der Waals surface area contributed by atoms with Crippen LogP contribution in [0.15, 0.2) is 90.2 Å². The SMILES string of the molecule is Cn1c(-c2ccccc2)c(C2=C(O)C(=CC3=[N+](C)c4ccccc4C3(C)C)C2=O)c2cc([N+](=O)[O-])ccc21. The van der Waals surface area contributed by atoms with Crippen LogP contribution in [0.1, 0.15) is 25.0 Å². The van der Waals surface area contributed by atoms with Crippen molar-refractivity contribution in [1.82, 2.24) is 4.57 Å². The highest BCUT2D eigenvalue weighted by molar-refractivity contribution is 6.42. The fourth-order valence-electron chi connectivity index (χ4n) is 5.92. The molecular formula is C31H26N3O4+. The fraction of sp³-hybridized carbons (Fsp3) is 0.161. The van der Waals surface area contributed by atoms with Crippen LogP contribution in [0.2, 0.25) is 0 Å². The Kier molecular flexibility index (Phi) is 5.04. The number of nitro benzene ring substituents is 1. The Labute approximate surface area is 219 Å². The topological polar surface area (TPSA) is 88.4 Å². The second-order valence-corrected chi connectivity index (χ2v) is 10.3. The van der Waals surface area contributed by atoms with E-state index in [1.54, 1.807) is 12.1 Å². The van der Waals surface area contributed by atoms with Gasteiger partial charge in [0.15, 0.2) is 5.71 Å². The number of para-hydroxylation sites is 1. The molecule has 1 aliphatic heterocycles. The predicted octanol–water partition coefficient (Wildman–Crippen LogP) is 6.24. The van der Waals surface area contributed by atoms with Crippen molar-refractivity contribution in [3.63, 3.8) is 0 Å². The average molecular weight is 505 g/mol. The number of Topliss-reactive ketones (excluding diaryl/α,β-unsaturated/α-hetero) is 1. The van der Waals surface area contributed by atoms with Gasteiger partial charge in [0.05, 0.1) is 27.2 Å². The number of hydrogen-bond donors (Lipinski definition) is 1. The lowest BCUT2D eigenvalue weighted by Crippen LogP contribution is -2.30. The standard InChI is InChI=1S/C31H25N3O4/c1-31(2)22-12-8-9-13-24(22)32(3)25(31)17-21-29(35)27(30(21)36)26-20-16-19(34(37)38)14-15-23(20)33(4)28(26)18-10-6-5-7-11-18/h5-17H,1-4H3/p+1. The van der Waals surface area contributed by atoms with E-state index in [1.807, 2.05) is 67.2 Å². The van der Waals surface area contributed by atoms with Crippen LogP contribution in [0.4, 0.5) is 11.4 Å². The van der Waals surface area contributed by atoms with Crippen molar-refractivity contribution < 1.29 is 19.4 Å². The third-order valence-electron chi connectivity index (χ3n) is 7.88. The summed E-state index contributed by atoms with van der Waals surface area (Å²) < 4.78 is 3.97. The minimum Gasteiger partial charge on any atom is -0.506 e.